The summed E-state index contributed by atoms with van der Waals surface area (Å²) in [6.45, 7) is 0.890. The van der Waals surface area contributed by atoms with Crippen LogP contribution in [0.3, 0.4) is 0 Å². The number of anilines is 1. The van der Waals surface area contributed by atoms with E-state index in [2.05, 4.69) is 15.6 Å². The Hall–Kier alpha value is -1.91. The van der Waals surface area contributed by atoms with Gasteiger partial charge in [-0.3, -0.25) is 9.78 Å². The number of benzene rings is 1. The van der Waals surface area contributed by atoms with E-state index in [0.717, 1.165) is 11.3 Å². The first-order valence-electron chi connectivity index (χ1n) is 5.89. The van der Waals surface area contributed by atoms with Gasteiger partial charge < -0.3 is 10.6 Å². The number of hydrogen-bond donors (Lipinski definition) is 2. The number of carbonyl (C=O) groups is 1. The van der Waals surface area contributed by atoms with Crippen molar-refractivity contribution in [2.75, 3.05) is 11.9 Å². The quantitative estimate of drug-likeness (QED) is 0.881. The van der Waals surface area contributed by atoms with E-state index >= 15 is 0 Å². The minimum Gasteiger partial charge on any atom is -0.325 e. The molecule has 2 N–H and O–H groups in total. The molecule has 4 nitrogen and oxygen atoms in total. The molecular weight excluding hydrogens is 262 g/mol. The van der Waals surface area contributed by atoms with E-state index in [-0.39, 0.29) is 12.5 Å². The van der Waals surface area contributed by atoms with Gasteiger partial charge in [0.2, 0.25) is 5.91 Å². The third kappa shape index (κ3) is 4.69. The summed E-state index contributed by atoms with van der Waals surface area (Å²) >= 11 is 5.77. The van der Waals surface area contributed by atoms with Crippen LogP contribution >= 0.6 is 11.6 Å². The third-order valence-corrected chi connectivity index (χ3v) is 2.74. The second kappa shape index (κ2) is 6.87. The summed E-state index contributed by atoms with van der Waals surface area (Å²) in [5.41, 5.74) is 1.83. The summed E-state index contributed by atoms with van der Waals surface area (Å²) in [7, 11) is 0. The molecule has 2 rings (SSSR count). The molecule has 0 saturated carbocycles. The minimum absolute atomic E-state index is 0.0867. The number of hydrogen-bond acceptors (Lipinski definition) is 3. The molecule has 0 unspecified atom stereocenters. The molecule has 0 fully saturated rings. The number of aromatic nitrogens is 1. The largest absolute Gasteiger partial charge is 0.325 e. The van der Waals surface area contributed by atoms with E-state index in [0.29, 0.717) is 11.6 Å². The molecule has 1 heterocycles. The summed E-state index contributed by atoms with van der Waals surface area (Å²) in [5, 5.41) is 6.50. The van der Waals surface area contributed by atoms with Crippen LogP contribution in [0.4, 0.5) is 5.69 Å². The first-order valence-corrected chi connectivity index (χ1v) is 6.27. The second-order valence-corrected chi connectivity index (χ2v) is 4.45. The minimum atomic E-state index is -0.0867. The molecule has 0 spiro atoms. The van der Waals surface area contributed by atoms with Crippen LogP contribution in [0, 0.1) is 0 Å². The van der Waals surface area contributed by atoms with Crippen LogP contribution in [0.25, 0.3) is 0 Å². The first-order chi connectivity index (χ1) is 9.24. The van der Waals surface area contributed by atoms with Gasteiger partial charge in [-0.25, -0.2) is 0 Å². The summed E-state index contributed by atoms with van der Waals surface area (Å²) in [4.78, 5) is 15.6. The van der Waals surface area contributed by atoms with Crippen LogP contribution in [0.2, 0.25) is 5.02 Å². The number of rotatable bonds is 5. The molecule has 19 heavy (non-hydrogen) atoms. The molecule has 2 aromatic rings. The van der Waals surface area contributed by atoms with E-state index in [1.807, 2.05) is 12.1 Å². The highest BCUT2D eigenvalue weighted by Gasteiger charge is 2.01. The van der Waals surface area contributed by atoms with Crippen LogP contribution < -0.4 is 10.6 Å². The van der Waals surface area contributed by atoms with Gasteiger partial charge in [-0.2, -0.15) is 0 Å². The molecule has 1 aromatic heterocycles. The zero-order valence-corrected chi connectivity index (χ0v) is 11.0. The van der Waals surface area contributed by atoms with Gasteiger partial charge >= 0.3 is 0 Å². The van der Waals surface area contributed by atoms with Gasteiger partial charge in [0.1, 0.15) is 0 Å². The Balaban J connectivity index is 1.74. The van der Waals surface area contributed by atoms with Crippen molar-refractivity contribution >= 4 is 23.2 Å². The summed E-state index contributed by atoms with van der Waals surface area (Å²) < 4.78 is 0. The topological polar surface area (TPSA) is 54.0 Å². The Morgan fingerprint density at radius 1 is 1.11 bits per heavy atom. The van der Waals surface area contributed by atoms with Crippen molar-refractivity contribution in [3.8, 4) is 0 Å². The maximum absolute atomic E-state index is 11.7. The number of nitrogens with one attached hydrogen (secondary N) is 2. The average molecular weight is 276 g/mol. The Morgan fingerprint density at radius 2 is 1.79 bits per heavy atom. The number of nitrogens with zero attached hydrogens (tertiary/aromatic N) is 1. The van der Waals surface area contributed by atoms with Gasteiger partial charge in [-0.05, 0) is 42.0 Å². The zero-order chi connectivity index (χ0) is 13.5. The Labute approximate surface area is 116 Å². The third-order valence-electron chi connectivity index (χ3n) is 2.49. The van der Waals surface area contributed by atoms with Gasteiger partial charge in [-0.15, -0.1) is 0 Å². The predicted molar refractivity (Wildman–Crippen MR) is 76.0 cm³/mol. The highest BCUT2D eigenvalue weighted by molar-refractivity contribution is 6.30. The van der Waals surface area contributed by atoms with Crippen LogP contribution in [-0.2, 0) is 11.3 Å². The molecule has 0 atom stereocenters. The maximum Gasteiger partial charge on any atom is 0.238 e. The smallest absolute Gasteiger partial charge is 0.238 e. The fraction of sp³-hybridized carbons (Fsp3) is 0.143. The van der Waals surface area contributed by atoms with Gasteiger partial charge in [0.05, 0.1) is 6.54 Å². The molecular formula is C14H14ClN3O. The summed E-state index contributed by atoms with van der Waals surface area (Å²) in [6, 6.07) is 10.8. The SMILES string of the molecule is O=C(CNCc1ccncc1)Nc1ccc(Cl)cc1. The van der Waals surface area contributed by atoms with Crippen molar-refractivity contribution < 1.29 is 4.79 Å². The van der Waals surface area contributed by atoms with Crippen LogP contribution in [0.15, 0.2) is 48.8 Å². The lowest BCUT2D eigenvalue weighted by Crippen LogP contribution is -2.27. The predicted octanol–water partition coefficient (Wildman–Crippen LogP) is 2.46. The van der Waals surface area contributed by atoms with Crippen molar-refractivity contribution in [1.82, 2.24) is 10.3 Å². The van der Waals surface area contributed by atoms with E-state index in [4.69, 9.17) is 11.6 Å². The van der Waals surface area contributed by atoms with Crippen LogP contribution in [0.5, 0.6) is 0 Å². The molecule has 1 amide bonds. The van der Waals surface area contributed by atoms with Gasteiger partial charge in [-0.1, -0.05) is 11.6 Å². The normalized spacial score (nSPS) is 10.2. The fourth-order valence-corrected chi connectivity index (χ4v) is 1.69. The molecule has 0 saturated heterocycles. The van der Waals surface area contributed by atoms with Crippen LogP contribution in [-0.4, -0.2) is 17.4 Å². The highest BCUT2D eigenvalue weighted by atomic mass is 35.5. The average Bonchev–Trinajstić information content (AvgIpc) is 2.43. The standard InChI is InChI=1S/C14H14ClN3O/c15-12-1-3-13(4-2-12)18-14(19)10-17-9-11-5-7-16-8-6-11/h1-8,17H,9-10H2,(H,18,19). The van der Waals surface area contributed by atoms with Crippen LogP contribution in [0.1, 0.15) is 5.56 Å². The lowest BCUT2D eigenvalue weighted by molar-refractivity contribution is -0.115. The van der Waals surface area contributed by atoms with Gasteiger partial charge in [0.15, 0.2) is 0 Å². The van der Waals surface area contributed by atoms with Crippen molar-refractivity contribution in [2.45, 2.75) is 6.54 Å². The maximum atomic E-state index is 11.7. The van der Waals surface area contributed by atoms with E-state index in [1.54, 1.807) is 36.7 Å². The second-order valence-electron chi connectivity index (χ2n) is 4.01. The number of amides is 1. The molecule has 0 aliphatic carbocycles. The molecule has 98 valence electrons. The summed E-state index contributed by atoms with van der Waals surface area (Å²) in [6.07, 6.45) is 3.45. The Morgan fingerprint density at radius 3 is 2.47 bits per heavy atom. The molecule has 1 aromatic carbocycles. The van der Waals surface area contributed by atoms with Crippen molar-refractivity contribution in [3.05, 3.63) is 59.4 Å². The Bertz CT molecular complexity index is 528. The fourth-order valence-electron chi connectivity index (χ4n) is 1.56. The molecule has 0 bridgehead atoms. The summed E-state index contributed by atoms with van der Waals surface area (Å²) in [5.74, 6) is -0.0867. The molecule has 0 radical (unpaired) electrons. The van der Waals surface area contributed by atoms with E-state index < -0.39 is 0 Å². The molecule has 0 aliphatic heterocycles. The van der Waals surface area contributed by atoms with Crippen molar-refractivity contribution in [2.24, 2.45) is 0 Å². The van der Waals surface area contributed by atoms with E-state index in [9.17, 15) is 4.79 Å². The molecule has 5 heteroatoms. The van der Waals surface area contributed by atoms with Gasteiger partial charge in [0, 0.05) is 29.6 Å². The lowest BCUT2D eigenvalue weighted by Gasteiger charge is -2.06. The molecule has 0 aliphatic rings. The van der Waals surface area contributed by atoms with Crippen molar-refractivity contribution in [3.63, 3.8) is 0 Å². The van der Waals surface area contributed by atoms with Crippen molar-refractivity contribution in [1.29, 1.82) is 0 Å². The lowest BCUT2D eigenvalue weighted by atomic mass is 10.3. The number of halogens is 1. The Kier molecular flexibility index (Phi) is 4.89. The monoisotopic (exact) mass is 275 g/mol. The van der Waals surface area contributed by atoms with Gasteiger partial charge in [0.25, 0.3) is 0 Å². The number of pyridine rings is 1. The highest BCUT2D eigenvalue weighted by Crippen LogP contribution is 2.12. The number of carbonyl (C=O) groups excluding carboxylic acids is 1. The first kappa shape index (κ1) is 13.5. The van der Waals surface area contributed by atoms with E-state index in [1.165, 1.54) is 0 Å². The zero-order valence-electron chi connectivity index (χ0n) is 10.3.